The fraction of sp³-hybridized carbons (Fsp3) is 0.240. The Morgan fingerprint density at radius 3 is 2.23 bits per heavy atom. The third-order valence-corrected chi connectivity index (χ3v) is 6.47. The number of aryl methyl sites for hydroxylation is 1. The molecule has 3 nitrogen and oxygen atoms in total. The molecule has 0 atom stereocenters. The summed E-state index contributed by atoms with van der Waals surface area (Å²) in [4.78, 5) is 18.0. The van der Waals surface area contributed by atoms with Gasteiger partial charge in [-0.1, -0.05) is 42.0 Å². The van der Waals surface area contributed by atoms with E-state index in [1.165, 1.54) is 22.1 Å². The number of hydrogen-bond donors (Lipinski definition) is 0. The van der Waals surface area contributed by atoms with E-state index in [1.54, 1.807) is 23.9 Å². The van der Waals surface area contributed by atoms with E-state index >= 15 is 0 Å². The van der Waals surface area contributed by atoms with Gasteiger partial charge < -0.3 is 9.80 Å². The number of carbonyl (C=O) groups excluding carboxylic acids is 1. The van der Waals surface area contributed by atoms with E-state index < -0.39 is 0 Å². The summed E-state index contributed by atoms with van der Waals surface area (Å²) in [5, 5.41) is 0. The second-order valence-corrected chi connectivity index (χ2v) is 8.58. The van der Waals surface area contributed by atoms with Crippen LogP contribution >= 0.6 is 11.8 Å². The van der Waals surface area contributed by atoms with Gasteiger partial charge in [-0.15, -0.1) is 11.8 Å². The van der Waals surface area contributed by atoms with Crippen LogP contribution in [0.25, 0.3) is 0 Å². The van der Waals surface area contributed by atoms with Crippen LogP contribution in [0.4, 0.5) is 10.1 Å². The van der Waals surface area contributed by atoms with Crippen LogP contribution in [0.3, 0.4) is 0 Å². The number of para-hydroxylation sites is 1. The predicted octanol–water partition coefficient (Wildman–Crippen LogP) is 5.39. The number of benzene rings is 3. The highest BCUT2D eigenvalue weighted by molar-refractivity contribution is 7.98. The van der Waals surface area contributed by atoms with Crippen LogP contribution in [0.15, 0.2) is 77.7 Å². The van der Waals surface area contributed by atoms with Crippen LogP contribution in [0.5, 0.6) is 0 Å². The van der Waals surface area contributed by atoms with Gasteiger partial charge in [-0.05, 0) is 48.9 Å². The van der Waals surface area contributed by atoms with Crippen molar-refractivity contribution in [1.82, 2.24) is 4.90 Å². The molecule has 3 aromatic rings. The molecule has 4 rings (SSSR count). The molecule has 1 amide bonds. The molecule has 0 aliphatic carbocycles. The van der Waals surface area contributed by atoms with Crippen molar-refractivity contribution in [2.24, 2.45) is 0 Å². The molecule has 1 saturated heterocycles. The maximum Gasteiger partial charge on any atom is 0.253 e. The lowest BCUT2D eigenvalue weighted by Gasteiger charge is -2.36. The number of amides is 1. The van der Waals surface area contributed by atoms with E-state index in [0.717, 1.165) is 5.75 Å². The highest BCUT2D eigenvalue weighted by Crippen LogP contribution is 2.24. The van der Waals surface area contributed by atoms with E-state index in [0.29, 0.717) is 37.4 Å². The van der Waals surface area contributed by atoms with E-state index in [2.05, 4.69) is 31.2 Å². The standard InChI is InChI=1S/C25H25FN2OS/c1-19-6-12-22(13-7-19)30-18-20-8-10-21(11-9-20)25(29)28-16-14-27(15-17-28)24-5-3-2-4-23(24)26/h2-13H,14-18H2,1H3. The van der Waals surface area contributed by atoms with Crippen LogP contribution < -0.4 is 4.90 Å². The van der Waals surface area contributed by atoms with Crippen molar-refractivity contribution in [2.75, 3.05) is 31.1 Å². The first kappa shape index (κ1) is 20.5. The summed E-state index contributed by atoms with van der Waals surface area (Å²) in [6, 6.07) is 23.2. The smallest absolute Gasteiger partial charge is 0.253 e. The highest BCUT2D eigenvalue weighted by atomic mass is 32.2. The van der Waals surface area contributed by atoms with Crippen molar-refractivity contribution in [1.29, 1.82) is 0 Å². The SMILES string of the molecule is Cc1ccc(SCc2ccc(C(=O)N3CCN(c4ccccc4F)CC3)cc2)cc1. The first-order valence-electron chi connectivity index (χ1n) is 10.2. The molecule has 0 unspecified atom stereocenters. The van der Waals surface area contributed by atoms with E-state index in [1.807, 2.05) is 40.1 Å². The summed E-state index contributed by atoms with van der Waals surface area (Å²) >= 11 is 1.79. The minimum absolute atomic E-state index is 0.0425. The summed E-state index contributed by atoms with van der Waals surface area (Å²) in [5.74, 6) is 0.705. The first-order valence-corrected chi connectivity index (χ1v) is 11.2. The monoisotopic (exact) mass is 420 g/mol. The van der Waals surface area contributed by atoms with Crippen molar-refractivity contribution in [3.63, 3.8) is 0 Å². The van der Waals surface area contributed by atoms with Gasteiger partial charge in [0.1, 0.15) is 5.82 Å². The Bertz CT molecular complexity index is 996. The van der Waals surface area contributed by atoms with Gasteiger partial charge in [0.25, 0.3) is 5.91 Å². The average Bonchev–Trinajstić information content (AvgIpc) is 2.79. The van der Waals surface area contributed by atoms with Gasteiger partial charge in [0.15, 0.2) is 0 Å². The normalized spacial score (nSPS) is 14.1. The molecule has 0 radical (unpaired) electrons. The molecule has 0 spiro atoms. The Kier molecular flexibility index (Phi) is 6.38. The summed E-state index contributed by atoms with van der Waals surface area (Å²) in [6.45, 7) is 4.55. The van der Waals surface area contributed by atoms with Gasteiger partial charge in [0, 0.05) is 42.4 Å². The summed E-state index contributed by atoms with van der Waals surface area (Å²) in [6.07, 6.45) is 0. The van der Waals surface area contributed by atoms with E-state index in [4.69, 9.17) is 0 Å². The van der Waals surface area contributed by atoms with Crippen molar-refractivity contribution < 1.29 is 9.18 Å². The van der Waals surface area contributed by atoms with Crippen LogP contribution in [-0.4, -0.2) is 37.0 Å². The van der Waals surface area contributed by atoms with Crippen molar-refractivity contribution in [3.8, 4) is 0 Å². The quantitative estimate of drug-likeness (QED) is 0.517. The molecule has 0 bridgehead atoms. The zero-order chi connectivity index (χ0) is 20.9. The van der Waals surface area contributed by atoms with Crippen LogP contribution in [0.1, 0.15) is 21.5 Å². The summed E-state index contributed by atoms with van der Waals surface area (Å²) < 4.78 is 14.0. The number of hydrogen-bond acceptors (Lipinski definition) is 3. The Morgan fingerprint density at radius 2 is 1.57 bits per heavy atom. The number of piperazine rings is 1. The third-order valence-electron chi connectivity index (χ3n) is 5.39. The third kappa shape index (κ3) is 4.85. The maximum atomic E-state index is 14.0. The average molecular weight is 421 g/mol. The lowest BCUT2D eigenvalue weighted by atomic mass is 10.1. The molecular formula is C25H25FN2OS. The van der Waals surface area contributed by atoms with Crippen LogP contribution in [0, 0.1) is 12.7 Å². The van der Waals surface area contributed by atoms with Crippen LogP contribution in [-0.2, 0) is 5.75 Å². The topological polar surface area (TPSA) is 23.6 Å². The zero-order valence-electron chi connectivity index (χ0n) is 17.1. The zero-order valence-corrected chi connectivity index (χ0v) is 17.9. The summed E-state index contributed by atoms with van der Waals surface area (Å²) in [5.41, 5.74) is 3.77. The lowest BCUT2D eigenvalue weighted by molar-refractivity contribution is 0.0746. The van der Waals surface area contributed by atoms with Gasteiger partial charge in [-0.3, -0.25) is 4.79 Å². The molecule has 1 aliphatic heterocycles. The Morgan fingerprint density at radius 1 is 0.900 bits per heavy atom. The fourth-order valence-corrected chi connectivity index (χ4v) is 4.44. The minimum atomic E-state index is -0.212. The molecule has 30 heavy (non-hydrogen) atoms. The van der Waals surface area contributed by atoms with Gasteiger partial charge in [0.05, 0.1) is 5.69 Å². The molecule has 5 heteroatoms. The number of carbonyl (C=O) groups is 1. The second-order valence-electron chi connectivity index (χ2n) is 7.53. The number of halogens is 1. The second kappa shape index (κ2) is 9.35. The molecule has 1 aliphatic rings. The molecule has 154 valence electrons. The Balaban J connectivity index is 1.32. The van der Waals surface area contributed by atoms with E-state index in [9.17, 15) is 9.18 Å². The molecule has 0 N–H and O–H groups in total. The highest BCUT2D eigenvalue weighted by Gasteiger charge is 2.23. The number of thioether (sulfide) groups is 1. The Hall–Kier alpha value is -2.79. The van der Waals surface area contributed by atoms with Gasteiger partial charge in [0.2, 0.25) is 0 Å². The number of nitrogens with zero attached hydrogens (tertiary/aromatic N) is 2. The Labute approximate surface area is 181 Å². The fourth-order valence-electron chi connectivity index (χ4n) is 3.59. The molecule has 0 saturated carbocycles. The molecular weight excluding hydrogens is 395 g/mol. The van der Waals surface area contributed by atoms with Crippen molar-refractivity contribution in [3.05, 3.63) is 95.3 Å². The van der Waals surface area contributed by atoms with Gasteiger partial charge in [-0.25, -0.2) is 4.39 Å². The predicted molar refractivity (Wildman–Crippen MR) is 122 cm³/mol. The summed E-state index contributed by atoms with van der Waals surface area (Å²) in [7, 11) is 0. The largest absolute Gasteiger partial charge is 0.366 e. The number of rotatable bonds is 5. The molecule has 1 fully saturated rings. The molecule has 1 heterocycles. The lowest BCUT2D eigenvalue weighted by Crippen LogP contribution is -2.49. The van der Waals surface area contributed by atoms with E-state index in [-0.39, 0.29) is 11.7 Å². The van der Waals surface area contributed by atoms with Crippen LogP contribution in [0.2, 0.25) is 0 Å². The first-order chi connectivity index (χ1) is 14.6. The van der Waals surface area contributed by atoms with Gasteiger partial charge >= 0.3 is 0 Å². The minimum Gasteiger partial charge on any atom is -0.366 e. The molecule has 0 aromatic heterocycles. The maximum absolute atomic E-state index is 14.0. The van der Waals surface area contributed by atoms with Gasteiger partial charge in [-0.2, -0.15) is 0 Å². The van der Waals surface area contributed by atoms with Crippen molar-refractivity contribution >= 4 is 23.4 Å². The number of anilines is 1. The molecule has 3 aromatic carbocycles. The van der Waals surface area contributed by atoms with Crippen molar-refractivity contribution in [2.45, 2.75) is 17.6 Å².